The van der Waals surface area contributed by atoms with Crippen molar-refractivity contribution < 1.29 is 0 Å². The maximum absolute atomic E-state index is 4.53. The summed E-state index contributed by atoms with van der Waals surface area (Å²) in [6.07, 6.45) is 8.12. The number of aromatic amines is 1. The molecule has 86 valence electrons. The van der Waals surface area contributed by atoms with Gasteiger partial charge in [0.2, 0.25) is 0 Å². The molecule has 0 spiro atoms. The van der Waals surface area contributed by atoms with Crippen molar-refractivity contribution in [1.82, 2.24) is 19.9 Å². The lowest BCUT2D eigenvalue weighted by molar-refractivity contribution is 0.549. The summed E-state index contributed by atoms with van der Waals surface area (Å²) >= 11 is 0. The Morgan fingerprint density at radius 1 is 1.38 bits per heavy atom. The van der Waals surface area contributed by atoms with E-state index in [0.29, 0.717) is 5.92 Å². The second-order valence-corrected chi connectivity index (χ2v) is 4.13. The van der Waals surface area contributed by atoms with E-state index >= 15 is 0 Å². The number of nitrogens with one attached hydrogen (secondary N) is 1. The number of unbranched alkanes of at least 4 members (excludes halogenated alkanes) is 1. The molecule has 0 aliphatic carbocycles. The van der Waals surface area contributed by atoms with Crippen LogP contribution in [0, 0.1) is 0 Å². The van der Waals surface area contributed by atoms with Crippen LogP contribution in [0.2, 0.25) is 0 Å². The molecule has 0 aromatic carbocycles. The number of rotatable bonds is 5. The normalized spacial score (nSPS) is 13.1. The first-order chi connectivity index (χ1) is 7.85. The first-order valence-corrected chi connectivity index (χ1v) is 6.00. The highest BCUT2D eigenvalue weighted by atomic mass is 15.0. The standard InChI is InChI=1S/C12H18N4/c1-3-5-6-9(4-2)11-15-10-7-13-8-14-12(10)16-11/h7-9H,3-6H2,1-2H3,(H,13,14,15,16). The van der Waals surface area contributed by atoms with Gasteiger partial charge in [-0.3, -0.25) is 0 Å². The van der Waals surface area contributed by atoms with Crippen LogP contribution in [0.1, 0.15) is 51.3 Å². The van der Waals surface area contributed by atoms with Crippen molar-refractivity contribution in [3.8, 4) is 0 Å². The van der Waals surface area contributed by atoms with Crippen molar-refractivity contribution >= 4 is 11.2 Å². The molecular weight excluding hydrogens is 200 g/mol. The second-order valence-electron chi connectivity index (χ2n) is 4.13. The van der Waals surface area contributed by atoms with Gasteiger partial charge in [0.15, 0.2) is 5.65 Å². The van der Waals surface area contributed by atoms with E-state index < -0.39 is 0 Å². The van der Waals surface area contributed by atoms with Gasteiger partial charge in [0.1, 0.15) is 17.7 Å². The van der Waals surface area contributed by atoms with Crippen molar-refractivity contribution in [2.75, 3.05) is 0 Å². The van der Waals surface area contributed by atoms with Crippen LogP contribution in [-0.2, 0) is 0 Å². The molecule has 0 fully saturated rings. The minimum Gasteiger partial charge on any atom is -0.339 e. The topological polar surface area (TPSA) is 54.5 Å². The lowest BCUT2D eigenvalue weighted by Crippen LogP contribution is -1.99. The molecule has 2 rings (SSSR count). The number of nitrogens with zero attached hydrogens (tertiary/aromatic N) is 3. The van der Waals surface area contributed by atoms with Gasteiger partial charge in [-0.2, -0.15) is 0 Å². The molecule has 16 heavy (non-hydrogen) atoms. The number of imidazole rings is 1. The van der Waals surface area contributed by atoms with Crippen LogP contribution in [0.3, 0.4) is 0 Å². The quantitative estimate of drug-likeness (QED) is 0.839. The number of aromatic nitrogens is 4. The van der Waals surface area contributed by atoms with E-state index in [0.717, 1.165) is 23.4 Å². The van der Waals surface area contributed by atoms with Gasteiger partial charge in [-0.1, -0.05) is 26.7 Å². The van der Waals surface area contributed by atoms with E-state index in [9.17, 15) is 0 Å². The van der Waals surface area contributed by atoms with Crippen molar-refractivity contribution in [1.29, 1.82) is 0 Å². The molecule has 1 unspecified atom stereocenters. The van der Waals surface area contributed by atoms with Crippen molar-refractivity contribution in [2.24, 2.45) is 0 Å². The molecule has 0 amide bonds. The number of H-pyrrole nitrogens is 1. The van der Waals surface area contributed by atoms with E-state index in [1.165, 1.54) is 19.3 Å². The predicted molar refractivity (Wildman–Crippen MR) is 64.2 cm³/mol. The van der Waals surface area contributed by atoms with Crippen LogP contribution in [0.5, 0.6) is 0 Å². The smallest absolute Gasteiger partial charge is 0.180 e. The number of hydrogen-bond acceptors (Lipinski definition) is 3. The monoisotopic (exact) mass is 218 g/mol. The highest BCUT2D eigenvalue weighted by Gasteiger charge is 2.13. The lowest BCUT2D eigenvalue weighted by Gasteiger charge is -2.10. The fourth-order valence-electron chi connectivity index (χ4n) is 1.96. The first kappa shape index (κ1) is 11.0. The average molecular weight is 218 g/mol. The summed E-state index contributed by atoms with van der Waals surface area (Å²) in [7, 11) is 0. The molecule has 1 N–H and O–H groups in total. The molecule has 0 bridgehead atoms. The number of hydrogen-bond donors (Lipinski definition) is 1. The van der Waals surface area contributed by atoms with Crippen LogP contribution in [0.25, 0.3) is 11.2 Å². The van der Waals surface area contributed by atoms with Crippen molar-refractivity contribution in [2.45, 2.75) is 45.4 Å². The molecule has 4 heteroatoms. The van der Waals surface area contributed by atoms with Crippen LogP contribution in [0.4, 0.5) is 0 Å². The lowest BCUT2D eigenvalue weighted by atomic mass is 9.99. The minimum absolute atomic E-state index is 0.522. The summed E-state index contributed by atoms with van der Waals surface area (Å²) in [6, 6.07) is 0. The molecule has 2 heterocycles. The van der Waals surface area contributed by atoms with Gasteiger partial charge in [-0.25, -0.2) is 15.0 Å². The summed E-state index contributed by atoms with van der Waals surface area (Å²) in [5, 5.41) is 0. The third-order valence-electron chi connectivity index (χ3n) is 2.97. The molecule has 0 aliphatic heterocycles. The van der Waals surface area contributed by atoms with E-state index in [1.807, 2.05) is 0 Å². The highest BCUT2D eigenvalue weighted by Crippen LogP contribution is 2.24. The second kappa shape index (κ2) is 5.05. The summed E-state index contributed by atoms with van der Waals surface area (Å²) in [5.41, 5.74) is 1.72. The van der Waals surface area contributed by atoms with Gasteiger partial charge < -0.3 is 4.98 Å². The Balaban J connectivity index is 2.23. The Kier molecular flexibility index (Phi) is 3.49. The van der Waals surface area contributed by atoms with Crippen LogP contribution in [-0.4, -0.2) is 19.9 Å². The summed E-state index contributed by atoms with van der Waals surface area (Å²) < 4.78 is 0. The highest BCUT2D eigenvalue weighted by molar-refractivity contribution is 5.68. The molecule has 0 saturated heterocycles. The zero-order valence-electron chi connectivity index (χ0n) is 9.90. The van der Waals surface area contributed by atoms with E-state index in [-0.39, 0.29) is 0 Å². The Bertz CT molecular complexity index is 416. The third-order valence-corrected chi connectivity index (χ3v) is 2.97. The van der Waals surface area contributed by atoms with Gasteiger partial charge in [0, 0.05) is 5.92 Å². The maximum Gasteiger partial charge on any atom is 0.180 e. The summed E-state index contributed by atoms with van der Waals surface area (Å²) in [5.74, 6) is 1.58. The fourth-order valence-corrected chi connectivity index (χ4v) is 1.96. The van der Waals surface area contributed by atoms with Gasteiger partial charge >= 0.3 is 0 Å². The Morgan fingerprint density at radius 3 is 2.94 bits per heavy atom. The summed E-state index contributed by atoms with van der Waals surface area (Å²) in [6.45, 7) is 4.43. The Hall–Kier alpha value is -1.45. The van der Waals surface area contributed by atoms with Gasteiger partial charge in [0.25, 0.3) is 0 Å². The van der Waals surface area contributed by atoms with Crippen LogP contribution < -0.4 is 0 Å². The summed E-state index contributed by atoms with van der Waals surface area (Å²) in [4.78, 5) is 16.0. The van der Waals surface area contributed by atoms with Gasteiger partial charge in [-0.15, -0.1) is 0 Å². The SMILES string of the molecule is CCCCC(CC)c1nc2ncncc2[nH]1. The van der Waals surface area contributed by atoms with Crippen molar-refractivity contribution in [3.05, 3.63) is 18.3 Å². The van der Waals surface area contributed by atoms with Crippen LogP contribution in [0.15, 0.2) is 12.5 Å². The molecule has 0 radical (unpaired) electrons. The van der Waals surface area contributed by atoms with E-state index in [4.69, 9.17) is 0 Å². The minimum atomic E-state index is 0.522. The van der Waals surface area contributed by atoms with Crippen LogP contribution >= 0.6 is 0 Å². The molecule has 2 aromatic heterocycles. The molecule has 4 nitrogen and oxygen atoms in total. The molecule has 1 atom stereocenters. The zero-order chi connectivity index (χ0) is 11.4. The largest absolute Gasteiger partial charge is 0.339 e. The Morgan fingerprint density at radius 2 is 2.25 bits per heavy atom. The van der Waals surface area contributed by atoms with E-state index in [2.05, 4.69) is 33.8 Å². The van der Waals surface area contributed by atoms with Gasteiger partial charge in [-0.05, 0) is 12.8 Å². The first-order valence-electron chi connectivity index (χ1n) is 6.00. The molecular formula is C12H18N4. The molecule has 0 saturated carbocycles. The van der Waals surface area contributed by atoms with Crippen molar-refractivity contribution in [3.63, 3.8) is 0 Å². The predicted octanol–water partition coefficient (Wildman–Crippen LogP) is 3.04. The Labute approximate surface area is 95.5 Å². The van der Waals surface area contributed by atoms with E-state index in [1.54, 1.807) is 12.5 Å². The average Bonchev–Trinajstić information content (AvgIpc) is 2.73. The zero-order valence-corrected chi connectivity index (χ0v) is 9.90. The maximum atomic E-state index is 4.53. The van der Waals surface area contributed by atoms with Gasteiger partial charge in [0.05, 0.1) is 6.20 Å². The number of fused-ring (bicyclic) bond motifs is 1. The molecule has 0 aliphatic rings. The molecule has 2 aromatic rings. The fraction of sp³-hybridized carbons (Fsp3) is 0.583. The third kappa shape index (κ3) is 2.21.